The summed E-state index contributed by atoms with van der Waals surface area (Å²) in [4.78, 5) is 11.8. The first-order valence-electron chi connectivity index (χ1n) is 6.73. The average Bonchev–Trinajstić information content (AvgIpc) is 2.44. The van der Waals surface area contributed by atoms with E-state index in [4.69, 9.17) is 12.2 Å². The van der Waals surface area contributed by atoms with E-state index in [2.05, 4.69) is 53.5 Å². The Hall–Kier alpha value is -1.66. The molecule has 0 aliphatic carbocycles. The molecule has 0 aliphatic heterocycles. The first-order chi connectivity index (χ1) is 9.62. The number of thiocarbonyl (C=S) groups is 1. The third-order valence-corrected chi connectivity index (χ3v) is 3.12. The second kappa shape index (κ2) is 8.50. The number of hydrogen-bond donors (Lipinski definition) is 4. The molecule has 4 N–H and O–H groups in total. The van der Waals surface area contributed by atoms with E-state index < -0.39 is 0 Å². The molecular weight excluding hydrogens is 272 g/mol. The Kier molecular flexibility index (Phi) is 6.97. The van der Waals surface area contributed by atoms with Gasteiger partial charge < -0.3 is 10.6 Å². The summed E-state index contributed by atoms with van der Waals surface area (Å²) in [6, 6.07) is 6.20. The maximum Gasteiger partial charge on any atom is 0.245 e. The van der Waals surface area contributed by atoms with E-state index in [9.17, 15) is 4.79 Å². The third-order valence-electron chi connectivity index (χ3n) is 2.92. The molecular formula is C14H22N4OS. The van der Waals surface area contributed by atoms with Gasteiger partial charge in [0.25, 0.3) is 0 Å². The van der Waals surface area contributed by atoms with E-state index in [1.165, 1.54) is 11.1 Å². The number of carbonyl (C=O) groups is 1. The van der Waals surface area contributed by atoms with Crippen molar-refractivity contribution in [1.82, 2.24) is 16.2 Å². The van der Waals surface area contributed by atoms with Gasteiger partial charge in [0.2, 0.25) is 5.91 Å². The highest BCUT2D eigenvalue weighted by Crippen LogP contribution is 2.22. The Bertz CT molecular complexity index is 454. The number of hydrazine groups is 1. The molecule has 0 aromatic heterocycles. The standard InChI is InChI=1S/C14H22N4OS/c1-4-10-7-6-8-11(5-2)13(10)16-9-12(19)17-14(20)18-15-3/h6-8,15-16H,4-5,9H2,1-3H3,(H2,17,18,19,20). The summed E-state index contributed by atoms with van der Waals surface area (Å²) < 4.78 is 0. The van der Waals surface area contributed by atoms with Crippen molar-refractivity contribution in [3.05, 3.63) is 29.3 Å². The summed E-state index contributed by atoms with van der Waals surface area (Å²) in [5, 5.41) is 6.06. The van der Waals surface area contributed by atoms with Crippen LogP contribution in [0.15, 0.2) is 18.2 Å². The van der Waals surface area contributed by atoms with Gasteiger partial charge in [-0.05, 0) is 36.2 Å². The zero-order valence-corrected chi connectivity index (χ0v) is 13.0. The lowest BCUT2D eigenvalue weighted by atomic mass is 10.0. The molecule has 0 heterocycles. The first kappa shape index (κ1) is 16.4. The summed E-state index contributed by atoms with van der Waals surface area (Å²) in [5.41, 5.74) is 8.79. The van der Waals surface area contributed by atoms with Crippen molar-refractivity contribution in [3.8, 4) is 0 Å². The molecule has 0 aliphatic rings. The highest BCUT2D eigenvalue weighted by Gasteiger charge is 2.08. The van der Waals surface area contributed by atoms with Gasteiger partial charge in [0, 0.05) is 12.7 Å². The largest absolute Gasteiger partial charge is 0.376 e. The first-order valence-corrected chi connectivity index (χ1v) is 7.14. The monoisotopic (exact) mass is 294 g/mol. The lowest BCUT2D eigenvalue weighted by molar-refractivity contribution is -0.118. The molecule has 6 heteroatoms. The van der Waals surface area contributed by atoms with Crippen LogP contribution in [-0.2, 0) is 17.6 Å². The molecule has 110 valence electrons. The molecule has 0 radical (unpaired) electrons. The van der Waals surface area contributed by atoms with Crippen LogP contribution in [0.3, 0.4) is 0 Å². The van der Waals surface area contributed by atoms with Crippen LogP contribution in [0.2, 0.25) is 0 Å². The predicted octanol–water partition coefficient (Wildman–Crippen LogP) is 1.35. The summed E-state index contributed by atoms with van der Waals surface area (Å²) >= 11 is 4.92. The van der Waals surface area contributed by atoms with E-state index in [1.807, 2.05) is 0 Å². The van der Waals surface area contributed by atoms with Crippen LogP contribution in [0.1, 0.15) is 25.0 Å². The van der Waals surface area contributed by atoms with Crippen LogP contribution in [0.4, 0.5) is 5.69 Å². The molecule has 0 unspecified atom stereocenters. The molecule has 1 aromatic rings. The highest BCUT2D eigenvalue weighted by molar-refractivity contribution is 7.80. The predicted molar refractivity (Wildman–Crippen MR) is 86.6 cm³/mol. The van der Waals surface area contributed by atoms with Gasteiger partial charge in [-0.15, -0.1) is 0 Å². The lowest BCUT2D eigenvalue weighted by Gasteiger charge is -2.15. The average molecular weight is 294 g/mol. The minimum absolute atomic E-state index is 0.175. The van der Waals surface area contributed by atoms with Crippen molar-refractivity contribution in [2.24, 2.45) is 0 Å². The van der Waals surface area contributed by atoms with E-state index >= 15 is 0 Å². The lowest BCUT2D eigenvalue weighted by Crippen LogP contribution is -2.46. The molecule has 0 bridgehead atoms. The molecule has 1 aromatic carbocycles. The number of aryl methyl sites for hydroxylation is 2. The number of hydrogen-bond acceptors (Lipinski definition) is 4. The van der Waals surface area contributed by atoms with Crippen LogP contribution < -0.4 is 21.5 Å². The van der Waals surface area contributed by atoms with Gasteiger partial charge in [-0.1, -0.05) is 32.0 Å². The Morgan fingerprint density at radius 2 is 1.80 bits per heavy atom. The molecule has 0 spiro atoms. The molecule has 1 amide bonds. The van der Waals surface area contributed by atoms with Crippen LogP contribution in [0.5, 0.6) is 0 Å². The SMILES string of the molecule is CCc1cccc(CC)c1NCC(=O)NC(=S)NNC. The minimum Gasteiger partial charge on any atom is -0.376 e. The molecule has 0 saturated heterocycles. The number of rotatable bonds is 6. The summed E-state index contributed by atoms with van der Waals surface area (Å²) in [6.07, 6.45) is 1.86. The van der Waals surface area contributed by atoms with Crippen LogP contribution >= 0.6 is 12.2 Å². The number of nitrogens with one attached hydrogen (secondary N) is 4. The number of amides is 1. The van der Waals surface area contributed by atoms with E-state index in [-0.39, 0.29) is 17.6 Å². The Labute approximate surface area is 125 Å². The fourth-order valence-electron chi connectivity index (χ4n) is 1.95. The molecule has 0 saturated carbocycles. The van der Waals surface area contributed by atoms with Crippen LogP contribution in [-0.4, -0.2) is 24.6 Å². The van der Waals surface area contributed by atoms with Crippen molar-refractivity contribution >= 4 is 28.9 Å². The number of carbonyl (C=O) groups excluding carboxylic acids is 1. The van der Waals surface area contributed by atoms with E-state index in [0.717, 1.165) is 18.5 Å². The maximum absolute atomic E-state index is 11.8. The molecule has 0 fully saturated rings. The fraction of sp³-hybridized carbons (Fsp3) is 0.429. The van der Waals surface area contributed by atoms with Gasteiger partial charge in [0.15, 0.2) is 5.11 Å². The van der Waals surface area contributed by atoms with E-state index in [0.29, 0.717) is 0 Å². The van der Waals surface area contributed by atoms with Crippen LogP contribution in [0.25, 0.3) is 0 Å². The molecule has 0 atom stereocenters. The molecule has 20 heavy (non-hydrogen) atoms. The minimum atomic E-state index is -0.175. The van der Waals surface area contributed by atoms with Crippen molar-refractivity contribution in [3.63, 3.8) is 0 Å². The van der Waals surface area contributed by atoms with Gasteiger partial charge in [-0.25, -0.2) is 5.43 Å². The normalized spacial score (nSPS) is 9.95. The Morgan fingerprint density at radius 1 is 1.20 bits per heavy atom. The summed E-state index contributed by atoms with van der Waals surface area (Å²) in [5.74, 6) is -0.175. The van der Waals surface area contributed by atoms with Crippen LogP contribution in [0, 0.1) is 0 Å². The topological polar surface area (TPSA) is 65.2 Å². The van der Waals surface area contributed by atoms with Gasteiger partial charge in [-0.2, -0.15) is 0 Å². The molecule has 5 nitrogen and oxygen atoms in total. The van der Waals surface area contributed by atoms with Crippen molar-refractivity contribution in [2.75, 3.05) is 18.9 Å². The number of anilines is 1. The zero-order chi connectivity index (χ0) is 15.0. The van der Waals surface area contributed by atoms with Crippen molar-refractivity contribution in [1.29, 1.82) is 0 Å². The van der Waals surface area contributed by atoms with Crippen molar-refractivity contribution < 1.29 is 4.79 Å². The highest BCUT2D eigenvalue weighted by atomic mass is 32.1. The fourth-order valence-corrected chi connectivity index (χ4v) is 2.17. The second-order valence-corrected chi connectivity index (χ2v) is 4.67. The number of para-hydroxylation sites is 1. The quantitative estimate of drug-likeness (QED) is 0.471. The van der Waals surface area contributed by atoms with Crippen molar-refractivity contribution in [2.45, 2.75) is 26.7 Å². The van der Waals surface area contributed by atoms with Gasteiger partial charge in [0.1, 0.15) is 0 Å². The zero-order valence-electron chi connectivity index (χ0n) is 12.2. The third kappa shape index (κ3) is 4.79. The molecule has 1 rings (SSSR count). The number of benzene rings is 1. The van der Waals surface area contributed by atoms with Gasteiger partial charge >= 0.3 is 0 Å². The van der Waals surface area contributed by atoms with Gasteiger partial charge in [-0.3, -0.25) is 10.2 Å². The Balaban J connectivity index is 2.65. The Morgan fingerprint density at radius 3 is 2.30 bits per heavy atom. The summed E-state index contributed by atoms with van der Waals surface area (Å²) in [7, 11) is 1.68. The van der Waals surface area contributed by atoms with E-state index in [1.54, 1.807) is 7.05 Å². The summed E-state index contributed by atoms with van der Waals surface area (Å²) in [6.45, 7) is 4.40. The van der Waals surface area contributed by atoms with Gasteiger partial charge in [0.05, 0.1) is 6.54 Å². The smallest absolute Gasteiger partial charge is 0.245 e. The maximum atomic E-state index is 11.8. The second-order valence-electron chi connectivity index (χ2n) is 4.26.